The summed E-state index contributed by atoms with van der Waals surface area (Å²) in [5.41, 5.74) is 1.27. The molecule has 1 atom stereocenters. The van der Waals surface area contributed by atoms with Crippen LogP contribution in [0.15, 0.2) is 18.3 Å². The predicted molar refractivity (Wildman–Crippen MR) is 69.0 cm³/mol. The third-order valence-electron chi connectivity index (χ3n) is 3.53. The van der Waals surface area contributed by atoms with Gasteiger partial charge in [-0.1, -0.05) is 0 Å². The molecule has 2 aromatic heterocycles. The number of rotatable bonds is 3. The normalized spacial score (nSPS) is 18.9. The molecule has 3 heterocycles. The van der Waals surface area contributed by atoms with Crippen molar-refractivity contribution in [1.82, 2.24) is 19.9 Å². The zero-order valence-corrected chi connectivity index (χ0v) is 10.8. The first kappa shape index (κ1) is 12.1. The number of hydrogen-bond acceptors (Lipinski definition) is 5. The molecule has 100 valence electrons. The van der Waals surface area contributed by atoms with E-state index in [1.807, 2.05) is 4.40 Å². The number of nitrogens with zero attached hydrogens (tertiary/aromatic N) is 3. The maximum Gasteiger partial charge on any atom is 0.339 e. The van der Waals surface area contributed by atoms with Gasteiger partial charge in [-0.25, -0.2) is 4.79 Å². The van der Waals surface area contributed by atoms with Crippen molar-refractivity contribution in [2.45, 2.75) is 12.8 Å². The van der Waals surface area contributed by atoms with Gasteiger partial charge in [-0.2, -0.15) is 0 Å². The molecule has 0 bridgehead atoms. The summed E-state index contributed by atoms with van der Waals surface area (Å²) in [7, 11) is 1.38. The molecular formula is C13H16N4O2. The molecule has 6 nitrogen and oxygen atoms in total. The monoisotopic (exact) mass is 260 g/mol. The Labute approximate surface area is 110 Å². The fourth-order valence-electron chi connectivity index (χ4n) is 2.46. The van der Waals surface area contributed by atoms with Crippen LogP contribution in [0.1, 0.15) is 22.6 Å². The third-order valence-corrected chi connectivity index (χ3v) is 3.53. The molecular weight excluding hydrogens is 244 g/mol. The molecule has 1 aliphatic rings. The van der Waals surface area contributed by atoms with Gasteiger partial charge >= 0.3 is 5.97 Å². The van der Waals surface area contributed by atoms with Crippen molar-refractivity contribution in [3.63, 3.8) is 0 Å². The Morgan fingerprint density at radius 1 is 1.53 bits per heavy atom. The molecule has 2 aromatic rings. The fraction of sp³-hybridized carbons (Fsp3) is 0.462. The number of esters is 1. The van der Waals surface area contributed by atoms with Crippen LogP contribution < -0.4 is 5.32 Å². The van der Waals surface area contributed by atoms with Crippen LogP contribution in [0.5, 0.6) is 0 Å². The highest BCUT2D eigenvalue weighted by atomic mass is 16.5. The van der Waals surface area contributed by atoms with Crippen molar-refractivity contribution < 1.29 is 9.53 Å². The number of nitrogens with one attached hydrogen (secondary N) is 1. The maximum atomic E-state index is 11.5. The molecule has 0 radical (unpaired) electrons. The van der Waals surface area contributed by atoms with Gasteiger partial charge in [0.1, 0.15) is 5.82 Å². The lowest BCUT2D eigenvalue weighted by Gasteiger charge is -2.07. The van der Waals surface area contributed by atoms with E-state index in [2.05, 4.69) is 15.5 Å². The zero-order chi connectivity index (χ0) is 13.2. The number of ether oxygens (including phenoxy) is 1. The summed E-state index contributed by atoms with van der Waals surface area (Å²) in [5.74, 6) is 1.15. The molecule has 0 saturated carbocycles. The average molecular weight is 260 g/mol. The van der Waals surface area contributed by atoms with E-state index < -0.39 is 0 Å². The molecule has 0 amide bonds. The summed E-state index contributed by atoms with van der Waals surface area (Å²) in [4.78, 5) is 11.5. The smallest absolute Gasteiger partial charge is 0.339 e. The minimum absolute atomic E-state index is 0.343. The average Bonchev–Trinajstić information content (AvgIpc) is 3.08. The largest absolute Gasteiger partial charge is 0.465 e. The Morgan fingerprint density at radius 2 is 2.42 bits per heavy atom. The van der Waals surface area contributed by atoms with Gasteiger partial charge in [0.05, 0.1) is 12.7 Å². The van der Waals surface area contributed by atoms with Crippen LogP contribution in [0.4, 0.5) is 0 Å². The summed E-state index contributed by atoms with van der Waals surface area (Å²) < 4.78 is 6.61. The Kier molecular flexibility index (Phi) is 3.16. The number of methoxy groups -OCH3 is 1. The Bertz CT molecular complexity index is 602. The minimum atomic E-state index is -0.343. The Hall–Kier alpha value is -1.95. The highest BCUT2D eigenvalue weighted by molar-refractivity contribution is 5.89. The first-order chi connectivity index (χ1) is 9.28. The highest BCUT2D eigenvalue weighted by Crippen LogP contribution is 2.15. The molecule has 1 saturated heterocycles. The van der Waals surface area contributed by atoms with E-state index in [0.29, 0.717) is 11.5 Å². The van der Waals surface area contributed by atoms with E-state index in [0.717, 1.165) is 37.4 Å². The van der Waals surface area contributed by atoms with Crippen molar-refractivity contribution in [3.05, 3.63) is 29.7 Å². The standard InChI is InChI=1S/C13H16N4O2/c1-19-13(18)10-2-3-11-15-16-12(17(11)8-10)6-9-4-5-14-7-9/h2-3,8-9,14H,4-7H2,1H3. The van der Waals surface area contributed by atoms with E-state index in [4.69, 9.17) is 4.74 Å². The fourth-order valence-corrected chi connectivity index (χ4v) is 2.46. The van der Waals surface area contributed by atoms with Crippen LogP contribution in [0.25, 0.3) is 5.65 Å². The second-order valence-corrected chi connectivity index (χ2v) is 4.82. The molecule has 1 fully saturated rings. The van der Waals surface area contributed by atoms with Crippen LogP contribution >= 0.6 is 0 Å². The lowest BCUT2D eigenvalue weighted by atomic mass is 10.0. The lowest BCUT2D eigenvalue weighted by Crippen LogP contribution is -2.12. The quantitative estimate of drug-likeness (QED) is 0.821. The summed E-state index contributed by atoms with van der Waals surface area (Å²) in [5, 5.41) is 11.7. The van der Waals surface area contributed by atoms with Gasteiger partial charge in [0.25, 0.3) is 0 Å². The SMILES string of the molecule is COC(=O)c1ccc2nnc(CC3CCNC3)n2c1. The topological polar surface area (TPSA) is 68.5 Å². The van der Waals surface area contributed by atoms with Gasteiger partial charge in [-0.05, 0) is 37.6 Å². The Balaban J connectivity index is 1.93. The summed E-state index contributed by atoms with van der Waals surface area (Å²) in [6.45, 7) is 2.08. The predicted octanol–water partition coefficient (Wildman–Crippen LogP) is 0.668. The van der Waals surface area contributed by atoms with Crippen LogP contribution in [0.3, 0.4) is 0 Å². The van der Waals surface area contributed by atoms with Crippen molar-refractivity contribution in [1.29, 1.82) is 0 Å². The van der Waals surface area contributed by atoms with Crippen LogP contribution in [-0.4, -0.2) is 40.8 Å². The molecule has 1 N–H and O–H groups in total. The van der Waals surface area contributed by atoms with Crippen molar-refractivity contribution >= 4 is 11.6 Å². The van der Waals surface area contributed by atoms with Crippen LogP contribution in [0.2, 0.25) is 0 Å². The zero-order valence-electron chi connectivity index (χ0n) is 10.8. The minimum Gasteiger partial charge on any atom is -0.465 e. The second-order valence-electron chi connectivity index (χ2n) is 4.82. The van der Waals surface area contributed by atoms with Crippen LogP contribution in [-0.2, 0) is 11.2 Å². The number of carbonyl (C=O) groups excluding carboxylic acids is 1. The maximum absolute atomic E-state index is 11.5. The molecule has 1 unspecified atom stereocenters. The number of fused-ring (bicyclic) bond motifs is 1. The van der Waals surface area contributed by atoms with Crippen molar-refractivity contribution in [2.75, 3.05) is 20.2 Å². The summed E-state index contributed by atoms with van der Waals surface area (Å²) in [6.07, 6.45) is 3.78. The highest BCUT2D eigenvalue weighted by Gasteiger charge is 2.18. The first-order valence-corrected chi connectivity index (χ1v) is 6.40. The van der Waals surface area contributed by atoms with Gasteiger partial charge in [-0.15, -0.1) is 10.2 Å². The second kappa shape index (κ2) is 4.97. The van der Waals surface area contributed by atoms with E-state index in [9.17, 15) is 4.79 Å². The van der Waals surface area contributed by atoms with Gasteiger partial charge in [0.15, 0.2) is 5.65 Å². The van der Waals surface area contributed by atoms with Gasteiger partial charge in [0.2, 0.25) is 0 Å². The van der Waals surface area contributed by atoms with E-state index in [-0.39, 0.29) is 5.97 Å². The Morgan fingerprint density at radius 3 is 3.16 bits per heavy atom. The molecule has 1 aliphatic heterocycles. The molecule has 3 rings (SSSR count). The summed E-state index contributed by atoms with van der Waals surface area (Å²) in [6, 6.07) is 3.49. The number of pyridine rings is 1. The van der Waals surface area contributed by atoms with Gasteiger partial charge in [0, 0.05) is 12.6 Å². The van der Waals surface area contributed by atoms with Crippen LogP contribution in [0, 0.1) is 5.92 Å². The molecule has 0 spiro atoms. The van der Waals surface area contributed by atoms with Crippen molar-refractivity contribution in [2.24, 2.45) is 5.92 Å². The number of hydrogen-bond donors (Lipinski definition) is 1. The van der Waals surface area contributed by atoms with Crippen molar-refractivity contribution in [3.8, 4) is 0 Å². The summed E-state index contributed by atoms with van der Waals surface area (Å²) >= 11 is 0. The lowest BCUT2D eigenvalue weighted by molar-refractivity contribution is 0.0600. The van der Waals surface area contributed by atoms with E-state index >= 15 is 0 Å². The third kappa shape index (κ3) is 2.31. The van der Waals surface area contributed by atoms with E-state index in [1.54, 1.807) is 18.3 Å². The molecule has 19 heavy (non-hydrogen) atoms. The number of carbonyl (C=O) groups is 1. The molecule has 0 aliphatic carbocycles. The number of aromatic nitrogens is 3. The molecule has 6 heteroatoms. The van der Waals surface area contributed by atoms with Gasteiger partial charge in [-0.3, -0.25) is 4.40 Å². The van der Waals surface area contributed by atoms with Gasteiger partial charge < -0.3 is 10.1 Å². The first-order valence-electron chi connectivity index (χ1n) is 6.40. The van der Waals surface area contributed by atoms with E-state index in [1.165, 1.54) is 7.11 Å². The molecule has 0 aromatic carbocycles.